The van der Waals surface area contributed by atoms with Gasteiger partial charge in [-0.05, 0) is 42.0 Å². The minimum absolute atomic E-state index is 0.303. The van der Waals surface area contributed by atoms with E-state index in [0.717, 1.165) is 16.1 Å². The molecule has 0 saturated carbocycles. The van der Waals surface area contributed by atoms with Crippen molar-refractivity contribution in [2.45, 2.75) is 0 Å². The topological polar surface area (TPSA) is 134 Å². The number of carbonyl (C=O) groups is 3. The standard InChI is InChI=1S/C30H30N4O7S/c1-40-30(37)21-8-13-24-25(18-21)32-29(36)27(24)28(20-6-4-3-5-7-20)31-22-9-11-23(12-10-22)34(42(2,38)39)19-26(35)33-14-16-41-17-15-33/h3-13,18,31H,14-17,19H2,1-2H3,(H,32,36)/b28-27-. The number of methoxy groups -OCH3 is 1. The lowest BCUT2D eigenvalue weighted by atomic mass is 9.99. The van der Waals surface area contributed by atoms with Crippen LogP contribution in [-0.2, 0) is 29.1 Å². The minimum atomic E-state index is -3.76. The van der Waals surface area contributed by atoms with Gasteiger partial charge in [0.05, 0.1) is 54.8 Å². The second kappa shape index (κ2) is 12.0. The van der Waals surface area contributed by atoms with E-state index in [1.165, 1.54) is 7.11 Å². The van der Waals surface area contributed by atoms with Gasteiger partial charge in [0.25, 0.3) is 5.91 Å². The van der Waals surface area contributed by atoms with Crippen molar-refractivity contribution in [3.63, 3.8) is 0 Å². The number of carbonyl (C=O) groups excluding carboxylic acids is 3. The van der Waals surface area contributed by atoms with Gasteiger partial charge in [-0.15, -0.1) is 0 Å². The number of hydrogen-bond donors (Lipinski definition) is 2. The van der Waals surface area contributed by atoms with Gasteiger partial charge in [0, 0.05) is 24.3 Å². The number of ether oxygens (including phenoxy) is 2. The first-order valence-electron chi connectivity index (χ1n) is 13.2. The van der Waals surface area contributed by atoms with E-state index in [9.17, 15) is 22.8 Å². The first kappa shape index (κ1) is 28.8. The molecule has 3 aromatic carbocycles. The van der Waals surface area contributed by atoms with Crippen molar-refractivity contribution < 1.29 is 32.3 Å². The van der Waals surface area contributed by atoms with Gasteiger partial charge < -0.3 is 25.0 Å². The van der Waals surface area contributed by atoms with Gasteiger partial charge in [0.2, 0.25) is 15.9 Å². The summed E-state index contributed by atoms with van der Waals surface area (Å²) in [6, 6.07) is 20.7. The number of nitrogens with one attached hydrogen (secondary N) is 2. The highest BCUT2D eigenvalue weighted by Gasteiger charge is 2.30. The highest BCUT2D eigenvalue weighted by Crippen LogP contribution is 2.38. The van der Waals surface area contributed by atoms with Crippen LogP contribution in [0.15, 0.2) is 72.8 Å². The molecule has 2 N–H and O–H groups in total. The average molecular weight is 591 g/mol. The van der Waals surface area contributed by atoms with E-state index >= 15 is 0 Å². The summed E-state index contributed by atoms with van der Waals surface area (Å²) in [5.41, 5.74) is 3.97. The number of morpholine rings is 1. The highest BCUT2D eigenvalue weighted by molar-refractivity contribution is 7.92. The molecule has 2 heterocycles. The Bertz CT molecular complexity index is 1650. The number of fused-ring (bicyclic) bond motifs is 1. The zero-order chi connectivity index (χ0) is 29.9. The summed E-state index contributed by atoms with van der Waals surface area (Å²) in [5, 5.41) is 6.15. The molecular formula is C30H30N4O7S. The fourth-order valence-corrected chi connectivity index (χ4v) is 5.69. The van der Waals surface area contributed by atoms with Crippen molar-refractivity contribution >= 4 is 56.1 Å². The number of amides is 2. The Hall–Kier alpha value is -4.68. The fourth-order valence-electron chi connectivity index (χ4n) is 4.84. The van der Waals surface area contributed by atoms with Crippen molar-refractivity contribution in [2.24, 2.45) is 0 Å². The SMILES string of the molecule is COC(=O)c1ccc2c(c1)NC(=O)/C2=C(\Nc1ccc(N(CC(=O)N2CCOCC2)S(C)(=O)=O)cc1)c1ccccc1. The molecule has 0 atom stereocenters. The van der Waals surface area contributed by atoms with E-state index in [2.05, 4.69) is 10.6 Å². The van der Waals surface area contributed by atoms with E-state index in [1.54, 1.807) is 47.4 Å². The van der Waals surface area contributed by atoms with Crippen molar-refractivity contribution in [3.8, 4) is 0 Å². The number of nitrogens with zero attached hydrogens (tertiary/aromatic N) is 2. The first-order valence-corrected chi connectivity index (χ1v) is 15.0. The van der Waals surface area contributed by atoms with E-state index < -0.39 is 16.0 Å². The maximum absolute atomic E-state index is 13.2. The Kier molecular flexibility index (Phi) is 8.27. The van der Waals surface area contributed by atoms with Gasteiger partial charge in [-0.25, -0.2) is 13.2 Å². The zero-order valence-corrected chi connectivity index (χ0v) is 23.9. The van der Waals surface area contributed by atoms with Crippen LogP contribution in [0.3, 0.4) is 0 Å². The normalized spacial score (nSPS) is 15.9. The Balaban J connectivity index is 1.47. The van der Waals surface area contributed by atoms with Crippen molar-refractivity contribution in [2.75, 3.05) is 61.2 Å². The van der Waals surface area contributed by atoms with E-state index in [-0.39, 0.29) is 18.4 Å². The third-order valence-corrected chi connectivity index (χ3v) is 8.11. The molecule has 0 spiro atoms. The average Bonchev–Trinajstić information content (AvgIpc) is 3.33. The number of hydrogen-bond acceptors (Lipinski definition) is 8. The Morgan fingerprint density at radius 3 is 2.33 bits per heavy atom. The van der Waals surface area contributed by atoms with Crippen LogP contribution in [0.25, 0.3) is 11.3 Å². The fraction of sp³-hybridized carbons (Fsp3) is 0.233. The van der Waals surface area contributed by atoms with Gasteiger partial charge in [0.15, 0.2) is 0 Å². The van der Waals surface area contributed by atoms with Crippen molar-refractivity contribution in [3.05, 3.63) is 89.5 Å². The van der Waals surface area contributed by atoms with Gasteiger partial charge in [-0.3, -0.25) is 13.9 Å². The van der Waals surface area contributed by atoms with Crippen LogP contribution >= 0.6 is 0 Å². The van der Waals surface area contributed by atoms with Gasteiger partial charge in [-0.1, -0.05) is 36.4 Å². The van der Waals surface area contributed by atoms with Gasteiger partial charge in [0.1, 0.15) is 6.54 Å². The molecule has 11 nitrogen and oxygen atoms in total. The van der Waals surface area contributed by atoms with Gasteiger partial charge >= 0.3 is 5.97 Å². The lowest BCUT2D eigenvalue weighted by Crippen LogP contribution is -2.47. The Morgan fingerprint density at radius 2 is 1.69 bits per heavy atom. The molecule has 5 rings (SSSR count). The molecule has 1 saturated heterocycles. The maximum Gasteiger partial charge on any atom is 0.337 e. The van der Waals surface area contributed by atoms with E-state index in [1.807, 2.05) is 30.3 Å². The molecule has 0 aliphatic carbocycles. The predicted molar refractivity (Wildman–Crippen MR) is 159 cm³/mol. The molecule has 0 aromatic heterocycles. The van der Waals surface area contributed by atoms with Crippen LogP contribution in [0.2, 0.25) is 0 Å². The number of rotatable bonds is 8. The number of anilines is 3. The van der Waals surface area contributed by atoms with Crippen LogP contribution in [0.4, 0.5) is 17.1 Å². The Morgan fingerprint density at radius 1 is 1.00 bits per heavy atom. The predicted octanol–water partition coefficient (Wildman–Crippen LogP) is 3.03. The molecule has 2 aliphatic rings. The molecule has 0 radical (unpaired) electrons. The maximum atomic E-state index is 13.2. The minimum Gasteiger partial charge on any atom is -0.465 e. The van der Waals surface area contributed by atoms with Crippen LogP contribution < -0.4 is 14.9 Å². The molecule has 218 valence electrons. The molecule has 3 aromatic rings. The lowest BCUT2D eigenvalue weighted by Gasteiger charge is -2.30. The molecule has 42 heavy (non-hydrogen) atoms. The summed E-state index contributed by atoms with van der Waals surface area (Å²) in [6.45, 7) is 1.33. The van der Waals surface area contributed by atoms with Gasteiger partial charge in [-0.2, -0.15) is 0 Å². The summed E-state index contributed by atoms with van der Waals surface area (Å²) < 4.78 is 36.4. The summed E-state index contributed by atoms with van der Waals surface area (Å²) in [4.78, 5) is 39.7. The zero-order valence-electron chi connectivity index (χ0n) is 23.1. The molecular weight excluding hydrogens is 560 g/mol. The van der Waals surface area contributed by atoms with Crippen LogP contribution in [0, 0.1) is 0 Å². The summed E-state index contributed by atoms with van der Waals surface area (Å²) in [5.74, 6) is -1.16. The molecule has 1 fully saturated rings. The van der Waals surface area contributed by atoms with E-state index in [4.69, 9.17) is 9.47 Å². The lowest BCUT2D eigenvalue weighted by molar-refractivity contribution is -0.133. The van der Waals surface area contributed by atoms with Crippen molar-refractivity contribution in [1.82, 2.24) is 4.90 Å². The number of esters is 1. The first-order chi connectivity index (χ1) is 20.2. The largest absolute Gasteiger partial charge is 0.465 e. The summed E-state index contributed by atoms with van der Waals surface area (Å²) in [7, 11) is -2.47. The third-order valence-electron chi connectivity index (χ3n) is 6.97. The summed E-state index contributed by atoms with van der Waals surface area (Å²) >= 11 is 0. The monoisotopic (exact) mass is 590 g/mol. The van der Waals surface area contributed by atoms with Crippen molar-refractivity contribution in [1.29, 1.82) is 0 Å². The second-order valence-corrected chi connectivity index (χ2v) is 11.7. The molecule has 2 aliphatic heterocycles. The second-order valence-electron chi connectivity index (χ2n) is 9.76. The molecule has 12 heteroatoms. The molecule has 0 bridgehead atoms. The number of sulfonamides is 1. The smallest absolute Gasteiger partial charge is 0.337 e. The third kappa shape index (κ3) is 6.14. The Labute approximate surface area is 243 Å². The van der Waals surface area contributed by atoms with Crippen LogP contribution in [0.1, 0.15) is 21.5 Å². The molecule has 2 amide bonds. The quantitative estimate of drug-likeness (QED) is 0.302. The molecule has 0 unspecified atom stereocenters. The van der Waals surface area contributed by atoms with Crippen LogP contribution in [-0.4, -0.2) is 77.3 Å². The van der Waals surface area contributed by atoms with Crippen LogP contribution in [0.5, 0.6) is 0 Å². The number of benzene rings is 3. The summed E-state index contributed by atoms with van der Waals surface area (Å²) in [6.07, 6.45) is 1.06. The highest BCUT2D eigenvalue weighted by atomic mass is 32.2. The van der Waals surface area contributed by atoms with E-state index in [0.29, 0.717) is 65.8 Å².